The molecule has 0 radical (unpaired) electrons. The van der Waals surface area contributed by atoms with Crippen LogP contribution in [0.3, 0.4) is 0 Å². The number of aliphatic hydroxyl groups is 1. The average Bonchev–Trinajstić information content (AvgIpc) is 3.48. The Hall–Kier alpha value is -3.72. The molecular weight excluding hydrogens is 696 g/mol. The highest BCUT2D eigenvalue weighted by atomic mass is 16.6. The van der Waals surface area contributed by atoms with Gasteiger partial charge in [0.25, 0.3) is 0 Å². The van der Waals surface area contributed by atoms with E-state index < -0.39 is 41.1 Å². The summed E-state index contributed by atoms with van der Waals surface area (Å²) in [5.41, 5.74) is 0.0332. The van der Waals surface area contributed by atoms with Crippen LogP contribution in [-0.4, -0.2) is 59.8 Å². The van der Waals surface area contributed by atoms with Crippen molar-refractivity contribution in [2.24, 2.45) is 56.7 Å². The number of allylic oxidation sites excluding steroid dienone is 1. The topological polar surface area (TPSA) is 132 Å². The van der Waals surface area contributed by atoms with Crippen LogP contribution in [0.25, 0.3) is 0 Å². The zero-order valence-electron chi connectivity index (χ0n) is 34.2. The van der Waals surface area contributed by atoms with E-state index in [-0.39, 0.29) is 68.8 Å². The van der Waals surface area contributed by atoms with E-state index in [1.54, 1.807) is 18.2 Å². The number of carbonyl (C=O) groups is 2. The minimum atomic E-state index is -0.518. The lowest BCUT2D eigenvalue weighted by atomic mass is 9.31. The molecule has 0 saturated heterocycles. The number of methoxy groups -OCH3 is 2. The molecule has 9 heteroatoms. The van der Waals surface area contributed by atoms with E-state index in [2.05, 4.69) is 55.0 Å². The zero-order valence-corrected chi connectivity index (χ0v) is 34.2. The van der Waals surface area contributed by atoms with Crippen molar-refractivity contribution in [3.8, 4) is 23.0 Å². The summed E-state index contributed by atoms with van der Waals surface area (Å²) >= 11 is 0. The largest absolute Gasteiger partial charge is 0.504 e. The Morgan fingerprint density at radius 2 is 1.38 bits per heavy atom. The number of hydrogen-bond acceptors (Lipinski definition) is 9. The van der Waals surface area contributed by atoms with Gasteiger partial charge in [-0.1, -0.05) is 53.7 Å². The maximum absolute atomic E-state index is 14.4. The van der Waals surface area contributed by atoms with Crippen LogP contribution in [0.1, 0.15) is 121 Å². The van der Waals surface area contributed by atoms with Crippen molar-refractivity contribution in [2.45, 2.75) is 118 Å². The molecule has 12 atom stereocenters. The Morgan fingerprint density at radius 3 is 1.95 bits per heavy atom. The molecule has 7 rings (SSSR count). The number of carbonyl (C=O) groups excluding carboxylic acids is 2. The van der Waals surface area contributed by atoms with E-state index in [4.69, 9.17) is 18.9 Å². The summed E-state index contributed by atoms with van der Waals surface area (Å²) < 4.78 is 24.4. The maximum Gasteiger partial charge on any atom is 0.338 e. The van der Waals surface area contributed by atoms with Gasteiger partial charge in [-0.2, -0.15) is 0 Å². The van der Waals surface area contributed by atoms with E-state index in [0.29, 0.717) is 30.4 Å². The number of ether oxygens (including phenoxy) is 4. The molecule has 55 heavy (non-hydrogen) atoms. The van der Waals surface area contributed by atoms with Crippen LogP contribution in [0.4, 0.5) is 0 Å². The fourth-order valence-corrected chi connectivity index (χ4v) is 13.9. The SMILES string of the molecule is C=C(C)C1CCC2(C)CC(OC(=O)c3ccc(O)c(OC)c3)C3(C)C(CC(OC(=O)c4ccc(O)c(OC)c4)C4C5(C)CCC(O)C(C)(C)C5CCC43C)C12. The number of phenols is 2. The van der Waals surface area contributed by atoms with Crippen molar-refractivity contribution in [1.29, 1.82) is 0 Å². The minimum absolute atomic E-state index is 0.0262. The number of esters is 2. The van der Waals surface area contributed by atoms with Gasteiger partial charge in [-0.3, -0.25) is 0 Å². The van der Waals surface area contributed by atoms with Crippen molar-refractivity contribution in [2.75, 3.05) is 14.2 Å². The predicted molar refractivity (Wildman–Crippen MR) is 209 cm³/mol. The fraction of sp³-hybridized carbons (Fsp3) is 0.652. The number of fused-ring (bicyclic) bond motifs is 7. The van der Waals surface area contributed by atoms with E-state index in [1.807, 2.05) is 0 Å². The van der Waals surface area contributed by atoms with Crippen molar-refractivity contribution >= 4 is 11.9 Å². The second kappa shape index (κ2) is 13.5. The summed E-state index contributed by atoms with van der Waals surface area (Å²) in [6, 6.07) is 9.17. The normalized spacial score (nSPS) is 40.0. The monoisotopic (exact) mass is 758 g/mol. The lowest BCUT2D eigenvalue weighted by molar-refractivity contribution is -0.298. The molecule has 5 aliphatic rings. The highest BCUT2D eigenvalue weighted by Gasteiger charge is 2.76. The van der Waals surface area contributed by atoms with Gasteiger partial charge in [0.05, 0.1) is 31.5 Å². The van der Waals surface area contributed by atoms with E-state index in [9.17, 15) is 24.9 Å². The van der Waals surface area contributed by atoms with Crippen LogP contribution in [0.15, 0.2) is 48.6 Å². The van der Waals surface area contributed by atoms with E-state index >= 15 is 0 Å². The van der Waals surface area contributed by atoms with Gasteiger partial charge in [0, 0.05) is 11.3 Å². The molecule has 3 N–H and O–H groups in total. The van der Waals surface area contributed by atoms with Crippen LogP contribution in [0, 0.1) is 56.7 Å². The molecule has 5 saturated carbocycles. The zero-order chi connectivity index (χ0) is 40.0. The maximum atomic E-state index is 14.4. The van der Waals surface area contributed by atoms with E-state index in [1.165, 1.54) is 38.0 Å². The third-order valence-electron chi connectivity index (χ3n) is 16.7. The molecule has 0 aromatic heterocycles. The van der Waals surface area contributed by atoms with E-state index in [0.717, 1.165) is 32.1 Å². The third-order valence-corrected chi connectivity index (χ3v) is 16.7. The van der Waals surface area contributed by atoms with Gasteiger partial charge in [-0.05, 0) is 140 Å². The van der Waals surface area contributed by atoms with Gasteiger partial charge < -0.3 is 34.3 Å². The Labute approximate surface area is 326 Å². The van der Waals surface area contributed by atoms with Crippen molar-refractivity contribution in [3.05, 3.63) is 59.7 Å². The van der Waals surface area contributed by atoms with Crippen molar-refractivity contribution < 1.29 is 43.9 Å². The first-order valence-electron chi connectivity index (χ1n) is 20.3. The lowest BCUT2D eigenvalue weighted by Crippen LogP contribution is -2.73. The molecule has 2 aromatic rings. The van der Waals surface area contributed by atoms with Gasteiger partial charge in [0.1, 0.15) is 12.2 Å². The minimum Gasteiger partial charge on any atom is -0.504 e. The molecule has 9 nitrogen and oxygen atoms in total. The first-order valence-corrected chi connectivity index (χ1v) is 20.3. The predicted octanol–water partition coefficient (Wildman–Crippen LogP) is 9.12. The first kappa shape index (κ1) is 39.5. The smallest absolute Gasteiger partial charge is 0.338 e. The Kier molecular flexibility index (Phi) is 9.66. The molecule has 0 heterocycles. The Balaban J connectivity index is 1.39. The Bertz CT molecular complexity index is 1870. The van der Waals surface area contributed by atoms with Crippen LogP contribution >= 0.6 is 0 Å². The van der Waals surface area contributed by atoms with Crippen LogP contribution < -0.4 is 9.47 Å². The molecule has 12 unspecified atom stereocenters. The molecule has 5 fully saturated rings. The summed E-state index contributed by atoms with van der Waals surface area (Å²) in [4.78, 5) is 28.6. The lowest BCUT2D eigenvalue weighted by Gasteiger charge is -2.74. The summed E-state index contributed by atoms with van der Waals surface area (Å²) in [5.74, 6) is 0.0180. The second-order valence-electron chi connectivity index (χ2n) is 19.5. The first-order chi connectivity index (χ1) is 25.8. The Morgan fingerprint density at radius 1 is 0.800 bits per heavy atom. The average molecular weight is 759 g/mol. The van der Waals surface area contributed by atoms with Crippen molar-refractivity contribution in [3.63, 3.8) is 0 Å². The van der Waals surface area contributed by atoms with Gasteiger partial charge in [-0.15, -0.1) is 0 Å². The highest BCUT2D eigenvalue weighted by molar-refractivity contribution is 5.91. The summed E-state index contributed by atoms with van der Waals surface area (Å²) in [5, 5.41) is 32.1. The number of hydrogen-bond donors (Lipinski definition) is 3. The number of phenolic OH excluding ortho intramolecular Hbond substituents is 2. The van der Waals surface area contributed by atoms with Crippen LogP contribution in [-0.2, 0) is 9.47 Å². The number of aliphatic hydroxyl groups excluding tert-OH is 1. The van der Waals surface area contributed by atoms with Crippen LogP contribution in [0.5, 0.6) is 23.0 Å². The van der Waals surface area contributed by atoms with Gasteiger partial charge in [0.15, 0.2) is 23.0 Å². The summed E-state index contributed by atoms with van der Waals surface area (Å²) in [6.07, 6.45) is 5.12. The van der Waals surface area contributed by atoms with Crippen molar-refractivity contribution in [1.82, 2.24) is 0 Å². The molecule has 5 aliphatic carbocycles. The summed E-state index contributed by atoms with van der Waals surface area (Å²) in [6.45, 7) is 20.5. The molecule has 300 valence electrons. The molecule has 0 spiro atoms. The van der Waals surface area contributed by atoms with Gasteiger partial charge >= 0.3 is 11.9 Å². The second-order valence-corrected chi connectivity index (χ2v) is 19.5. The fourth-order valence-electron chi connectivity index (χ4n) is 13.9. The molecule has 0 amide bonds. The van der Waals surface area contributed by atoms with Gasteiger partial charge in [-0.25, -0.2) is 9.59 Å². The number of rotatable bonds is 7. The molecular formula is C46H62O9. The molecule has 0 aliphatic heterocycles. The van der Waals surface area contributed by atoms with Gasteiger partial charge in [0.2, 0.25) is 0 Å². The summed E-state index contributed by atoms with van der Waals surface area (Å²) in [7, 11) is 2.92. The standard InChI is InChI=1S/C46H62O9/c1-25(2)28-15-18-43(5)24-37(55-41(51)27-12-14-31(48)33(22-27)53-10)46(8)29(38(28)43)23-34(54-40(50)26-11-13-30(47)32(21-26)52-9)39-44(6)19-17-36(49)42(3,4)35(44)16-20-45(39,46)7/h11-14,21-22,28-29,34-39,47-49H,1,15-20,23-24H2,2-10H3. The molecule has 0 bridgehead atoms. The number of aromatic hydroxyl groups is 2. The highest BCUT2D eigenvalue weighted by Crippen LogP contribution is 2.78. The molecule has 2 aromatic carbocycles. The van der Waals surface area contributed by atoms with Crippen LogP contribution in [0.2, 0.25) is 0 Å². The number of benzene rings is 2. The third kappa shape index (κ3) is 5.79. The quantitative estimate of drug-likeness (QED) is 0.187.